The molecule has 88 valence electrons. The molecule has 15 heavy (non-hydrogen) atoms. The van der Waals surface area contributed by atoms with Crippen LogP contribution in [0.3, 0.4) is 0 Å². The first kappa shape index (κ1) is 14.5. The van der Waals surface area contributed by atoms with Gasteiger partial charge in [0.2, 0.25) is 8.32 Å². The van der Waals surface area contributed by atoms with Crippen molar-refractivity contribution in [2.75, 3.05) is 0 Å². The summed E-state index contributed by atoms with van der Waals surface area (Å²) in [5.74, 6) is 0.947. The van der Waals surface area contributed by atoms with Gasteiger partial charge in [0, 0.05) is 6.42 Å². The van der Waals surface area contributed by atoms with Crippen molar-refractivity contribution in [2.45, 2.75) is 52.8 Å². The van der Waals surface area contributed by atoms with E-state index >= 15 is 0 Å². The normalized spacial score (nSPS) is 12.3. The fourth-order valence-corrected chi connectivity index (χ4v) is 2.52. The molecule has 0 aliphatic heterocycles. The minimum atomic E-state index is -1.47. The van der Waals surface area contributed by atoms with E-state index in [1.165, 1.54) is 0 Å². The van der Waals surface area contributed by atoms with Gasteiger partial charge in [0.1, 0.15) is 0 Å². The van der Waals surface area contributed by atoms with E-state index in [9.17, 15) is 0 Å². The highest BCUT2D eigenvalue weighted by atomic mass is 28.4. The Kier molecular flexibility index (Phi) is 5.36. The van der Waals surface area contributed by atoms with E-state index in [2.05, 4.69) is 46.6 Å². The summed E-state index contributed by atoms with van der Waals surface area (Å²) >= 11 is 0. The van der Waals surface area contributed by atoms with Gasteiger partial charge in [-0.15, -0.1) is 6.58 Å². The highest BCUT2D eigenvalue weighted by Gasteiger charge is 2.22. The monoisotopic (exact) mass is 226 g/mol. The first-order valence-corrected chi connectivity index (χ1v) is 9.05. The molecule has 0 aliphatic carbocycles. The zero-order valence-electron chi connectivity index (χ0n) is 11.0. The van der Waals surface area contributed by atoms with E-state index in [1.54, 1.807) is 0 Å². The van der Waals surface area contributed by atoms with Gasteiger partial charge in [-0.05, 0) is 37.9 Å². The van der Waals surface area contributed by atoms with Gasteiger partial charge in [0.25, 0.3) is 0 Å². The molecule has 0 rings (SSSR count). The maximum Gasteiger partial charge on any atom is 0.241 e. The lowest BCUT2D eigenvalue weighted by atomic mass is 9.84. The first-order valence-electron chi connectivity index (χ1n) is 5.64. The highest BCUT2D eigenvalue weighted by molar-refractivity contribution is 6.70. The van der Waals surface area contributed by atoms with E-state index in [4.69, 9.17) is 4.43 Å². The van der Waals surface area contributed by atoms with Crippen LogP contribution >= 0.6 is 0 Å². The van der Waals surface area contributed by atoms with Crippen molar-refractivity contribution in [1.29, 1.82) is 0 Å². The van der Waals surface area contributed by atoms with E-state index in [0.717, 1.165) is 25.0 Å². The quantitative estimate of drug-likeness (QED) is 0.346. The number of hydrogen-bond acceptors (Lipinski definition) is 1. The van der Waals surface area contributed by atoms with Gasteiger partial charge in [-0.25, -0.2) is 0 Å². The maximum absolute atomic E-state index is 5.87. The molecule has 0 aromatic rings. The number of rotatable bonds is 7. The lowest BCUT2D eigenvalue weighted by Gasteiger charge is -2.28. The number of hydrogen-bond donors (Lipinski definition) is 0. The second-order valence-electron chi connectivity index (χ2n) is 5.92. The highest BCUT2D eigenvalue weighted by Crippen LogP contribution is 2.31. The van der Waals surface area contributed by atoms with Crippen molar-refractivity contribution < 1.29 is 4.43 Å². The number of allylic oxidation sites excluding steroid dienone is 2. The predicted octanol–water partition coefficient (Wildman–Crippen LogP) is 4.73. The zero-order valence-corrected chi connectivity index (χ0v) is 12.0. The second-order valence-corrected chi connectivity index (χ2v) is 10.4. The minimum absolute atomic E-state index is 0.269. The Labute approximate surface area is 96.4 Å². The van der Waals surface area contributed by atoms with Gasteiger partial charge in [-0.2, -0.15) is 0 Å². The van der Waals surface area contributed by atoms with Gasteiger partial charge in [-0.1, -0.05) is 26.5 Å². The van der Waals surface area contributed by atoms with Crippen LogP contribution in [-0.4, -0.2) is 8.32 Å². The largest absolute Gasteiger partial charge is 0.548 e. The summed E-state index contributed by atoms with van der Waals surface area (Å²) in [5, 5.41) is 0. The molecule has 0 aromatic carbocycles. The van der Waals surface area contributed by atoms with Crippen molar-refractivity contribution in [3.05, 3.63) is 25.0 Å². The molecule has 0 fully saturated rings. The Morgan fingerprint density at radius 3 is 2.27 bits per heavy atom. The second kappa shape index (κ2) is 5.55. The molecule has 0 saturated heterocycles. The fourth-order valence-electron chi connectivity index (χ4n) is 1.58. The van der Waals surface area contributed by atoms with Gasteiger partial charge >= 0.3 is 0 Å². The van der Waals surface area contributed by atoms with Crippen LogP contribution in [0.25, 0.3) is 0 Å². The molecule has 2 heteroatoms. The van der Waals surface area contributed by atoms with Crippen LogP contribution in [0.15, 0.2) is 25.0 Å². The standard InChI is InChI=1S/C13H26OSi/c1-8-9-10-13(3,4)11-12(2)14-15(5,6)7/h8H,1-2,9-11H2,3-7H3. The van der Waals surface area contributed by atoms with Crippen LogP contribution in [0.5, 0.6) is 0 Å². The topological polar surface area (TPSA) is 9.23 Å². The summed E-state index contributed by atoms with van der Waals surface area (Å²) in [7, 11) is -1.47. The molecule has 0 bridgehead atoms. The van der Waals surface area contributed by atoms with Crippen molar-refractivity contribution in [2.24, 2.45) is 5.41 Å². The molecule has 1 nitrogen and oxygen atoms in total. The third-order valence-electron chi connectivity index (χ3n) is 2.15. The summed E-state index contributed by atoms with van der Waals surface area (Å²) in [6.07, 6.45) is 5.13. The zero-order chi connectivity index (χ0) is 12.1. The molecule has 0 aliphatic rings. The molecule has 0 saturated carbocycles. The third-order valence-corrected chi connectivity index (χ3v) is 3.05. The van der Waals surface area contributed by atoms with Crippen molar-refractivity contribution in [3.8, 4) is 0 Å². The van der Waals surface area contributed by atoms with Gasteiger partial charge in [0.15, 0.2) is 0 Å². The molecule has 0 amide bonds. The van der Waals surface area contributed by atoms with Gasteiger partial charge < -0.3 is 4.43 Å². The summed E-state index contributed by atoms with van der Waals surface area (Å²) < 4.78 is 5.87. The smallest absolute Gasteiger partial charge is 0.241 e. The Balaban J connectivity index is 4.09. The molecular formula is C13H26OSi. The maximum atomic E-state index is 5.87. The van der Waals surface area contributed by atoms with Crippen molar-refractivity contribution in [3.63, 3.8) is 0 Å². The summed E-state index contributed by atoms with van der Waals surface area (Å²) in [5.41, 5.74) is 0.269. The van der Waals surface area contributed by atoms with Crippen LogP contribution in [0.2, 0.25) is 19.6 Å². The van der Waals surface area contributed by atoms with E-state index < -0.39 is 8.32 Å². The molecule has 0 unspecified atom stereocenters. The minimum Gasteiger partial charge on any atom is -0.548 e. The summed E-state index contributed by atoms with van der Waals surface area (Å²) in [4.78, 5) is 0. The Morgan fingerprint density at radius 2 is 1.87 bits per heavy atom. The van der Waals surface area contributed by atoms with Crippen molar-refractivity contribution >= 4 is 8.32 Å². The van der Waals surface area contributed by atoms with E-state index in [0.29, 0.717) is 0 Å². The fraction of sp³-hybridized carbons (Fsp3) is 0.692. The molecular weight excluding hydrogens is 200 g/mol. The van der Waals surface area contributed by atoms with Crippen LogP contribution in [0.1, 0.15) is 33.1 Å². The Hall–Kier alpha value is -0.503. The van der Waals surface area contributed by atoms with Gasteiger partial charge in [0.05, 0.1) is 5.76 Å². The summed E-state index contributed by atoms with van der Waals surface area (Å²) in [6.45, 7) is 18.9. The van der Waals surface area contributed by atoms with Gasteiger partial charge in [-0.3, -0.25) is 0 Å². The van der Waals surface area contributed by atoms with Crippen molar-refractivity contribution in [1.82, 2.24) is 0 Å². The average Bonchev–Trinajstić information content (AvgIpc) is 1.95. The molecule has 0 radical (unpaired) electrons. The lowest BCUT2D eigenvalue weighted by Crippen LogP contribution is -2.26. The average molecular weight is 226 g/mol. The Morgan fingerprint density at radius 1 is 1.33 bits per heavy atom. The Bertz CT molecular complexity index is 223. The van der Waals surface area contributed by atoms with Crippen LogP contribution in [0.4, 0.5) is 0 Å². The predicted molar refractivity (Wildman–Crippen MR) is 71.4 cm³/mol. The first-order chi connectivity index (χ1) is 6.66. The lowest BCUT2D eigenvalue weighted by molar-refractivity contribution is 0.276. The van der Waals surface area contributed by atoms with E-state index in [-0.39, 0.29) is 5.41 Å². The molecule has 0 aromatic heterocycles. The molecule has 0 atom stereocenters. The summed E-state index contributed by atoms with van der Waals surface area (Å²) in [6, 6.07) is 0. The molecule has 0 heterocycles. The molecule has 0 N–H and O–H groups in total. The van der Waals surface area contributed by atoms with Crippen LogP contribution in [-0.2, 0) is 4.43 Å². The van der Waals surface area contributed by atoms with E-state index in [1.807, 2.05) is 6.08 Å². The molecule has 0 spiro atoms. The third kappa shape index (κ3) is 8.49. The van der Waals surface area contributed by atoms with Crippen LogP contribution < -0.4 is 0 Å². The SMILES string of the molecule is C=CCCC(C)(C)CC(=C)O[Si](C)(C)C. The van der Waals surface area contributed by atoms with Crippen LogP contribution in [0, 0.1) is 5.41 Å².